The zero-order valence-electron chi connectivity index (χ0n) is 13.9. The van der Waals surface area contributed by atoms with E-state index < -0.39 is 0 Å². The van der Waals surface area contributed by atoms with Crippen LogP contribution in [0.5, 0.6) is 0 Å². The molecule has 0 aromatic heterocycles. The standard InChI is InChI=1S/C18H29N3O/c1-19-10-7-16(8-11-19)20(2)18-6-4-3-5-15(18)13-21-12-9-17(22)14-21/h3-6,16-17,22H,7-14H2,1-2H3/t17-/m0/s1. The van der Waals surface area contributed by atoms with Crippen LogP contribution in [0, 0.1) is 0 Å². The second-order valence-electron chi connectivity index (χ2n) is 6.95. The first-order valence-electron chi connectivity index (χ1n) is 8.53. The molecule has 0 saturated carbocycles. The topological polar surface area (TPSA) is 30.0 Å². The first-order valence-corrected chi connectivity index (χ1v) is 8.53. The first kappa shape index (κ1) is 15.8. The highest BCUT2D eigenvalue weighted by Gasteiger charge is 2.24. The number of anilines is 1. The molecule has 2 saturated heterocycles. The van der Waals surface area contributed by atoms with Gasteiger partial charge in [-0.1, -0.05) is 18.2 Å². The van der Waals surface area contributed by atoms with E-state index in [0.717, 1.165) is 26.1 Å². The number of β-amino-alcohol motifs (C(OH)–C–C–N with tert-alkyl or cyclic N) is 1. The SMILES string of the molecule is CN1CCC(N(C)c2ccccc2CN2CC[C@H](O)C2)CC1. The molecule has 0 amide bonds. The van der Waals surface area contributed by atoms with Gasteiger partial charge in [-0.3, -0.25) is 4.90 Å². The van der Waals surface area contributed by atoms with Gasteiger partial charge in [-0.25, -0.2) is 0 Å². The van der Waals surface area contributed by atoms with Crippen LogP contribution >= 0.6 is 0 Å². The van der Waals surface area contributed by atoms with Gasteiger partial charge in [0.25, 0.3) is 0 Å². The van der Waals surface area contributed by atoms with Gasteiger partial charge in [0.1, 0.15) is 0 Å². The van der Waals surface area contributed by atoms with Gasteiger partial charge in [-0.15, -0.1) is 0 Å². The van der Waals surface area contributed by atoms with Crippen LogP contribution < -0.4 is 4.90 Å². The summed E-state index contributed by atoms with van der Waals surface area (Å²) in [6.07, 6.45) is 3.25. The lowest BCUT2D eigenvalue weighted by Gasteiger charge is -2.37. The Morgan fingerprint density at radius 1 is 1.14 bits per heavy atom. The zero-order chi connectivity index (χ0) is 15.5. The summed E-state index contributed by atoms with van der Waals surface area (Å²) in [5, 5.41) is 9.73. The zero-order valence-corrected chi connectivity index (χ0v) is 13.9. The molecule has 2 fully saturated rings. The fourth-order valence-corrected chi connectivity index (χ4v) is 3.76. The van der Waals surface area contributed by atoms with E-state index in [9.17, 15) is 5.11 Å². The number of likely N-dealkylation sites (tertiary alicyclic amines) is 2. The molecule has 1 aromatic carbocycles. The molecule has 1 atom stereocenters. The molecule has 22 heavy (non-hydrogen) atoms. The summed E-state index contributed by atoms with van der Waals surface area (Å²) in [6.45, 7) is 5.15. The van der Waals surface area contributed by atoms with Crippen molar-refractivity contribution >= 4 is 5.69 Å². The number of benzene rings is 1. The molecule has 0 radical (unpaired) electrons. The largest absolute Gasteiger partial charge is 0.392 e. The number of piperidine rings is 1. The average Bonchev–Trinajstić information content (AvgIpc) is 2.93. The molecule has 0 spiro atoms. The van der Waals surface area contributed by atoms with Crippen LogP contribution in [0.25, 0.3) is 0 Å². The molecule has 1 aromatic rings. The summed E-state index contributed by atoms with van der Waals surface area (Å²) in [6, 6.07) is 9.41. The second kappa shape index (κ2) is 6.99. The number of nitrogens with zero attached hydrogens (tertiary/aromatic N) is 3. The Labute approximate surface area is 134 Å². The number of para-hydroxylation sites is 1. The van der Waals surface area contributed by atoms with Crippen molar-refractivity contribution in [1.82, 2.24) is 9.80 Å². The van der Waals surface area contributed by atoms with Crippen molar-refractivity contribution in [3.8, 4) is 0 Å². The van der Waals surface area contributed by atoms with Crippen LogP contribution in [-0.4, -0.2) is 67.3 Å². The highest BCUT2D eigenvalue weighted by Crippen LogP contribution is 2.27. The van der Waals surface area contributed by atoms with Gasteiger partial charge in [-0.05, 0) is 51.0 Å². The fraction of sp³-hybridized carbons (Fsp3) is 0.667. The van der Waals surface area contributed by atoms with Crippen molar-refractivity contribution in [3.05, 3.63) is 29.8 Å². The van der Waals surface area contributed by atoms with Crippen LogP contribution in [0.1, 0.15) is 24.8 Å². The van der Waals surface area contributed by atoms with Crippen molar-refractivity contribution in [2.24, 2.45) is 0 Å². The van der Waals surface area contributed by atoms with E-state index in [1.165, 1.54) is 37.2 Å². The average molecular weight is 303 g/mol. The van der Waals surface area contributed by atoms with Gasteiger partial charge >= 0.3 is 0 Å². The van der Waals surface area contributed by atoms with Crippen molar-refractivity contribution in [3.63, 3.8) is 0 Å². The molecule has 0 aliphatic carbocycles. The number of rotatable bonds is 4. The molecule has 2 aliphatic rings. The van der Waals surface area contributed by atoms with E-state index in [2.05, 4.69) is 53.1 Å². The summed E-state index contributed by atoms with van der Waals surface area (Å²) in [5.74, 6) is 0. The second-order valence-corrected chi connectivity index (χ2v) is 6.95. The Bertz CT molecular complexity index is 485. The molecule has 1 N–H and O–H groups in total. The maximum Gasteiger partial charge on any atom is 0.0679 e. The summed E-state index contributed by atoms with van der Waals surface area (Å²) < 4.78 is 0. The van der Waals surface area contributed by atoms with E-state index in [-0.39, 0.29) is 6.10 Å². The molecule has 4 heteroatoms. The Morgan fingerprint density at radius 2 is 1.86 bits per heavy atom. The smallest absolute Gasteiger partial charge is 0.0679 e. The quantitative estimate of drug-likeness (QED) is 0.918. The maximum atomic E-state index is 9.73. The minimum Gasteiger partial charge on any atom is -0.392 e. The lowest BCUT2D eigenvalue weighted by Crippen LogP contribution is -2.42. The van der Waals surface area contributed by atoms with Crippen LogP contribution in [0.4, 0.5) is 5.69 Å². The Kier molecular flexibility index (Phi) is 5.01. The van der Waals surface area contributed by atoms with Crippen LogP contribution in [0.3, 0.4) is 0 Å². The highest BCUT2D eigenvalue weighted by atomic mass is 16.3. The Morgan fingerprint density at radius 3 is 2.55 bits per heavy atom. The van der Waals surface area contributed by atoms with Gasteiger partial charge in [-0.2, -0.15) is 0 Å². The van der Waals surface area contributed by atoms with Crippen molar-refractivity contribution < 1.29 is 5.11 Å². The molecule has 2 aliphatic heterocycles. The first-order chi connectivity index (χ1) is 10.6. The molecular formula is C18H29N3O. The van der Waals surface area contributed by atoms with E-state index in [1.54, 1.807) is 0 Å². The van der Waals surface area contributed by atoms with Gasteiger partial charge in [0.2, 0.25) is 0 Å². The molecule has 4 nitrogen and oxygen atoms in total. The molecule has 122 valence electrons. The molecule has 0 bridgehead atoms. The number of hydrogen-bond donors (Lipinski definition) is 1. The number of hydrogen-bond acceptors (Lipinski definition) is 4. The van der Waals surface area contributed by atoms with Gasteiger partial charge < -0.3 is 14.9 Å². The van der Waals surface area contributed by atoms with Crippen molar-refractivity contribution in [2.75, 3.05) is 45.2 Å². The predicted molar refractivity (Wildman–Crippen MR) is 91.3 cm³/mol. The van der Waals surface area contributed by atoms with Gasteiger partial charge in [0.15, 0.2) is 0 Å². The van der Waals surface area contributed by atoms with E-state index in [0.29, 0.717) is 6.04 Å². The predicted octanol–water partition coefficient (Wildman–Crippen LogP) is 1.78. The summed E-state index contributed by atoms with van der Waals surface area (Å²) in [5.41, 5.74) is 2.75. The third-order valence-electron chi connectivity index (χ3n) is 5.25. The summed E-state index contributed by atoms with van der Waals surface area (Å²) in [4.78, 5) is 7.27. The minimum absolute atomic E-state index is 0.140. The lowest BCUT2D eigenvalue weighted by molar-refractivity contribution is 0.175. The summed E-state index contributed by atoms with van der Waals surface area (Å²) >= 11 is 0. The Hall–Kier alpha value is -1.10. The monoisotopic (exact) mass is 303 g/mol. The molecular weight excluding hydrogens is 274 g/mol. The van der Waals surface area contributed by atoms with Crippen LogP contribution in [0.2, 0.25) is 0 Å². The molecule has 2 heterocycles. The van der Waals surface area contributed by atoms with Gasteiger partial charge in [0, 0.05) is 38.4 Å². The molecule has 0 unspecified atom stereocenters. The van der Waals surface area contributed by atoms with Crippen LogP contribution in [-0.2, 0) is 6.54 Å². The third kappa shape index (κ3) is 3.62. The van der Waals surface area contributed by atoms with Crippen molar-refractivity contribution in [1.29, 1.82) is 0 Å². The lowest BCUT2D eigenvalue weighted by atomic mass is 10.0. The van der Waals surface area contributed by atoms with Crippen molar-refractivity contribution in [2.45, 2.75) is 38.0 Å². The fourth-order valence-electron chi connectivity index (χ4n) is 3.76. The summed E-state index contributed by atoms with van der Waals surface area (Å²) in [7, 11) is 4.45. The van der Waals surface area contributed by atoms with Gasteiger partial charge in [0.05, 0.1) is 6.10 Å². The maximum absolute atomic E-state index is 9.73. The number of aliphatic hydroxyl groups is 1. The van der Waals surface area contributed by atoms with E-state index >= 15 is 0 Å². The third-order valence-corrected chi connectivity index (χ3v) is 5.25. The van der Waals surface area contributed by atoms with Crippen LogP contribution in [0.15, 0.2) is 24.3 Å². The normalized spacial score (nSPS) is 24.8. The van der Waals surface area contributed by atoms with E-state index in [1.807, 2.05) is 0 Å². The molecule has 3 rings (SSSR count). The van der Waals surface area contributed by atoms with E-state index in [4.69, 9.17) is 0 Å². The number of aliphatic hydroxyl groups excluding tert-OH is 1. The Balaban J connectivity index is 1.70. The minimum atomic E-state index is -0.140. The highest BCUT2D eigenvalue weighted by molar-refractivity contribution is 5.54.